The molecule has 7 heteroatoms. The number of ketones is 1. The van der Waals surface area contributed by atoms with Crippen LogP contribution in [-0.2, 0) is 6.42 Å². The number of Topliss-reactive ketones (excluding diaryl/α,β-unsaturated/α-hetero) is 1. The molecule has 6 nitrogen and oxygen atoms in total. The lowest BCUT2D eigenvalue weighted by molar-refractivity contribution is 0.0959. The summed E-state index contributed by atoms with van der Waals surface area (Å²) < 4.78 is 18.6. The van der Waals surface area contributed by atoms with E-state index in [1.54, 1.807) is 12.1 Å². The van der Waals surface area contributed by atoms with Gasteiger partial charge in [-0.2, -0.15) is 0 Å². The van der Waals surface area contributed by atoms with Gasteiger partial charge in [-0.05, 0) is 42.8 Å². The first-order valence-electron chi connectivity index (χ1n) is 8.41. The summed E-state index contributed by atoms with van der Waals surface area (Å²) in [4.78, 5) is 40.0. The number of furan rings is 1. The lowest BCUT2D eigenvalue weighted by Gasteiger charge is -2.22. The average Bonchev–Trinajstić information content (AvgIpc) is 3.15. The summed E-state index contributed by atoms with van der Waals surface area (Å²) in [5, 5.41) is 2.47. The van der Waals surface area contributed by atoms with Gasteiger partial charge in [0.15, 0.2) is 5.78 Å². The number of rotatable bonds is 3. The van der Waals surface area contributed by atoms with Gasteiger partial charge in [0.25, 0.3) is 11.5 Å². The van der Waals surface area contributed by atoms with E-state index in [4.69, 9.17) is 4.42 Å². The molecule has 0 aliphatic heterocycles. The molecule has 2 aromatic heterocycles. The second-order valence-electron chi connectivity index (χ2n) is 6.41. The summed E-state index contributed by atoms with van der Waals surface area (Å²) in [6.45, 7) is 0. The molecular weight excluding hydrogens is 351 g/mol. The van der Waals surface area contributed by atoms with Gasteiger partial charge in [0, 0.05) is 29.3 Å². The first-order chi connectivity index (χ1) is 13.0. The molecule has 136 valence electrons. The standard InChI is InChI=1S/C20H15FN2O4/c21-12-3-1-4-13(9-12)22-19(25)15-10-14-16(23-20(15)26)7-11(8-17(14)24)18-5-2-6-27-18/h1-6,9-11H,7-8H2,(H,22,25)(H,23,26)/t11-/m1/s1. The number of aromatic nitrogens is 1. The highest BCUT2D eigenvalue weighted by Gasteiger charge is 2.30. The number of H-pyrrole nitrogens is 1. The third-order valence-corrected chi connectivity index (χ3v) is 4.58. The predicted octanol–water partition coefficient (Wildman–Crippen LogP) is 3.27. The number of benzene rings is 1. The molecule has 0 saturated carbocycles. The summed E-state index contributed by atoms with van der Waals surface area (Å²) in [7, 11) is 0. The molecule has 0 fully saturated rings. The number of halogens is 1. The van der Waals surface area contributed by atoms with Gasteiger partial charge >= 0.3 is 0 Å². The average molecular weight is 366 g/mol. The first kappa shape index (κ1) is 17.0. The van der Waals surface area contributed by atoms with Crippen LogP contribution in [0, 0.1) is 5.82 Å². The van der Waals surface area contributed by atoms with E-state index in [1.165, 1.54) is 30.5 Å². The van der Waals surface area contributed by atoms with Crippen LogP contribution >= 0.6 is 0 Å². The van der Waals surface area contributed by atoms with Crippen LogP contribution in [0.3, 0.4) is 0 Å². The Labute approximate surface area is 153 Å². The van der Waals surface area contributed by atoms with E-state index in [2.05, 4.69) is 10.3 Å². The zero-order valence-electron chi connectivity index (χ0n) is 14.1. The summed E-state index contributed by atoms with van der Waals surface area (Å²) in [6, 6.07) is 10.2. The van der Waals surface area contributed by atoms with Crippen molar-refractivity contribution < 1.29 is 18.4 Å². The number of fused-ring (bicyclic) bond motifs is 1. The van der Waals surface area contributed by atoms with Crippen LogP contribution in [0.5, 0.6) is 0 Å². The van der Waals surface area contributed by atoms with Crippen molar-refractivity contribution in [1.82, 2.24) is 4.98 Å². The Bertz CT molecular complexity index is 1090. The molecule has 1 aromatic carbocycles. The zero-order valence-corrected chi connectivity index (χ0v) is 14.1. The fourth-order valence-electron chi connectivity index (χ4n) is 3.29. The second-order valence-corrected chi connectivity index (χ2v) is 6.41. The maximum atomic E-state index is 13.3. The lowest BCUT2D eigenvalue weighted by Crippen LogP contribution is -2.29. The van der Waals surface area contributed by atoms with Crippen molar-refractivity contribution in [2.24, 2.45) is 0 Å². The van der Waals surface area contributed by atoms with E-state index < -0.39 is 17.3 Å². The quantitative estimate of drug-likeness (QED) is 0.744. The number of pyridine rings is 1. The van der Waals surface area contributed by atoms with Gasteiger partial charge in [0.1, 0.15) is 17.1 Å². The third-order valence-electron chi connectivity index (χ3n) is 4.58. The minimum atomic E-state index is -0.703. The number of amides is 1. The largest absolute Gasteiger partial charge is 0.469 e. The van der Waals surface area contributed by atoms with Gasteiger partial charge in [0.05, 0.1) is 6.26 Å². The Hall–Kier alpha value is -3.48. The Morgan fingerprint density at radius 3 is 2.74 bits per heavy atom. The fraction of sp³-hybridized carbons (Fsp3) is 0.150. The molecular formula is C20H15FN2O4. The summed E-state index contributed by atoms with van der Waals surface area (Å²) in [6.07, 6.45) is 2.21. The maximum absolute atomic E-state index is 13.3. The van der Waals surface area contributed by atoms with Gasteiger partial charge in [-0.1, -0.05) is 6.07 Å². The van der Waals surface area contributed by atoms with Gasteiger partial charge < -0.3 is 14.7 Å². The molecule has 0 saturated heterocycles. The molecule has 1 atom stereocenters. The highest BCUT2D eigenvalue weighted by atomic mass is 19.1. The van der Waals surface area contributed by atoms with Crippen molar-refractivity contribution in [1.29, 1.82) is 0 Å². The molecule has 27 heavy (non-hydrogen) atoms. The third kappa shape index (κ3) is 3.31. The number of nitrogens with one attached hydrogen (secondary N) is 2. The molecule has 0 bridgehead atoms. The minimum absolute atomic E-state index is 0.150. The Morgan fingerprint density at radius 1 is 1.15 bits per heavy atom. The monoisotopic (exact) mass is 366 g/mol. The molecule has 1 amide bonds. The molecule has 0 unspecified atom stereocenters. The van der Waals surface area contributed by atoms with Gasteiger partial charge in [-0.15, -0.1) is 0 Å². The Morgan fingerprint density at radius 2 is 2.00 bits per heavy atom. The van der Waals surface area contributed by atoms with Crippen molar-refractivity contribution in [3.63, 3.8) is 0 Å². The van der Waals surface area contributed by atoms with Crippen molar-refractivity contribution >= 4 is 17.4 Å². The van der Waals surface area contributed by atoms with E-state index in [9.17, 15) is 18.8 Å². The van der Waals surface area contributed by atoms with Crippen LogP contribution in [0.4, 0.5) is 10.1 Å². The van der Waals surface area contributed by atoms with Crippen LogP contribution in [0.15, 0.2) is 57.9 Å². The second kappa shape index (κ2) is 6.68. The van der Waals surface area contributed by atoms with E-state index >= 15 is 0 Å². The molecule has 1 aliphatic rings. The first-order valence-corrected chi connectivity index (χ1v) is 8.41. The fourth-order valence-corrected chi connectivity index (χ4v) is 3.29. The summed E-state index contributed by atoms with van der Waals surface area (Å²) in [5.41, 5.74) is 0.237. The van der Waals surface area contributed by atoms with E-state index in [1.807, 2.05) is 0 Å². The number of anilines is 1. The smallest absolute Gasteiger partial charge is 0.261 e. The summed E-state index contributed by atoms with van der Waals surface area (Å²) >= 11 is 0. The van der Waals surface area contributed by atoms with Crippen LogP contribution in [0.25, 0.3) is 0 Å². The van der Waals surface area contributed by atoms with Gasteiger partial charge in [-0.3, -0.25) is 14.4 Å². The van der Waals surface area contributed by atoms with Crippen molar-refractivity contribution in [3.8, 4) is 0 Å². The minimum Gasteiger partial charge on any atom is -0.469 e. The van der Waals surface area contributed by atoms with Crippen LogP contribution in [0.1, 0.15) is 44.5 Å². The number of carbonyl (C=O) groups is 2. The van der Waals surface area contributed by atoms with E-state index in [0.717, 1.165) is 6.07 Å². The molecule has 0 radical (unpaired) electrons. The van der Waals surface area contributed by atoms with E-state index in [-0.39, 0.29) is 29.4 Å². The van der Waals surface area contributed by atoms with Crippen molar-refractivity contribution in [3.05, 3.63) is 87.5 Å². The highest BCUT2D eigenvalue weighted by Crippen LogP contribution is 2.31. The molecule has 0 spiro atoms. The normalized spacial score (nSPS) is 16.0. The van der Waals surface area contributed by atoms with E-state index in [0.29, 0.717) is 23.4 Å². The summed E-state index contributed by atoms with van der Waals surface area (Å²) in [5.74, 6) is -0.851. The van der Waals surface area contributed by atoms with Crippen LogP contribution in [0.2, 0.25) is 0 Å². The maximum Gasteiger partial charge on any atom is 0.261 e. The number of aromatic amines is 1. The number of hydrogen-bond acceptors (Lipinski definition) is 4. The lowest BCUT2D eigenvalue weighted by atomic mass is 9.84. The SMILES string of the molecule is O=C1C[C@H](c2ccco2)Cc2[nH]c(=O)c(C(=O)Nc3cccc(F)c3)cc21. The molecule has 2 N–H and O–H groups in total. The number of hydrogen-bond donors (Lipinski definition) is 2. The zero-order chi connectivity index (χ0) is 19.0. The molecule has 4 rings (SSSR count). The Balaban J connectivity index is 1.63. The van der Waals surface area contributed by atoms with Crippen LogP contribution < -0.4 is 10.9 Å². The predicted molar refractivity (Wildman–Crippen MR) is 95.5 cm³/mol. The van der Waals surface area contributed by atoms with Crippen LogP contribution in [-0.4, -0.2) is 16.7 Å². The van der Waals surface area contributed by atoms with Gasteiger partial charge in [0.2, 0.25) is 0 Å². The van der Waals surface area contributed by atoms with Crippen molar-refractivity contribution in [2.75, 3.05) is 5.32 Å². The molecule has 2 heterocycles. The highest BCUT2D eigenvalue weighted by molar-refractivity contribution is 6.06. The Kier molecular flexibility index (Phi) is 4.19. The number of carbonyl (C=O) groups excluding carboxylic acids is 2. The molecule has 3 aromatic rings. The van der Waals surface area contributed by atoms with Gasteiger partial charge in [-0.25, -0.2) is 4.39 Å². The van der Waals surface area contributed by atoms with Crippen molar-refractivity contribution in [2.45, 2.75) is 18.8 Å². The topological polar surface area (TPSA) is 92.2 Å². The molecule has 1 aliphatic carbocycles.